The summed E-state index contributed by atoms with van der Waals surface area (Å²) in [5.74, 6) is -0.181. The van der Waals surface area contributed by atoms with Gasteiger partial charge < -0.3 is 15.6 Å². The number of halogens is 1. The highest BCUT2D eigenvalue weighted by Gasteiger charge is 2.22. The second-order valence-corrected chi connectivity index (χ2v) is 5.22. The lowest BCUT2D eigenvalue weighted by Gasteiger charge is -2.21. The van der Waals surface area contributed by atoms with E-state index in [0.717, 1.165) is 6.42 Å². The van der Waals surface area contributed by atoms with Gasteiger partial charge in [-0.1, -0.05) is 6.92 Å². The normalized spacial score (nSPS) is 13.9. The van der Waals surface area contributed by atoms with Crippen molar-refractivity contribution in [3.05, 3.63) is 22.2 Å². The molecule has 1 rings (SSSR count). The number of ether oxygens (including phenoxy) is 1. The number of amides is 1. The maximum Gasteiger partial charge on any atom is 0.239 e. The van der Waals surface area contributed by atoms with Gasteiger partial charge in [-0.2, -0.15) is 0 Å². The van der Waals surface area contributed by atoms with E-state index in [-0.39, 0.29) is 11.8 Å². The lowest BCUT2D eigenvalue weighted by molar-refractivity contribution is -0.120. The number of carbonyl (C=O) groups is 1. The molecule has 0 saturated heterocycles. The molecule has 2 unspecified atom stereocenters. The third-order valence-corrected chi connectivity index (χ3v) is 3.56. The summed E-state index contributed by atoms with van der Waals surface area (Å²) in [7, 11) is 1.45. The molecular weight excluding hydrogens is 312 g/mol. The highest BCUT2D eigenvalue weighted by Crippen LogP contribution is 2.36. The van der Waals surface area contributed by atoms with Crippen LogP contribution < -0.4 is 15.8 Å². The number of nitrogens with two attached hydrogens (primary N) is 1. The smallest absolute Gasteiger partial charge is 0.239 e. The Morgan fingerprint density at radius 1 is 1.58 bits per heavy atom. The number of carbonyl (C=O) groups excluding carboxylic acids is 1. The molecular formula is C13H19BrN2O3. The predicted molar refractivity (Wildman–Crippen MR) is 77.2 cm³/mol. The van der Waals surface area contributed by atoms with Crippen LogP contribution in [-0.2, 0) is 4.79 Å². The van der Waals surface area contributed by atoms with E-state index in [9.17, 15) is 9.90 Å². The molecule has 0 saturated carbocycles. The lowest BCUT2D eigenvalue weighted by atomic mass is 10.0. The van der Waals surface area contributed by atoms with Gasteiger partial charge in [-0.25, -0.2) is 0 Å². The van der Waals surface area contributed by atoms with Crippen molar-refractivity contribution in [2.75, 3.05) is 7.11 Å². The van der Waals surface area contributed by atoms with Gasteiger partial charge >= 0.3 is 0 Å². The zero-order valence-electron chi connectivity index (χ0n) is 11.2. The minimum absolute atomic E-state index is 0.00184. The molecule has 2 atom stereocenters. The molecule has 0 spiro atoms. The number of rotatable bonds is 6. The van der Waals surface area contributed by atoms with Crippen LogP contribution in [0.25, 0.3) is 0 Å². The molecule has 1 aromatic carbocycles. The second-order valence-electron chi connectivity index (χ2n) is 4.36. The van der Waals surface area contributed by atoms with Crippen LogP contribution in [0.4, 0.5) is 0 Å². The van der Waals surface area contributed by atoms with Gasteiger partial charge in [0, 0.05) is 6.04 Å². The maximum absolute atomic E-state index is 11.6. The summed E-state index contributed by atoms with van der Waals surface area (Å²) in [6.45, 7) is 3.99. The molecule has 1 aromatic rings. The van der Waals surface area contributed by atoms with E-state index in [1.165, 1.54) is 7.11 Å². The quantitative estimate of drug-likeness (QED) is 0.745. The zero-order chi connectivity index (χ0) is 14.6. The number of primary amides is 1. The number of hydrogen-bond donors (Lipinski definition) is 3. The van der Waals surface area contributed by atoms with Gasteiger partial charge in [-0.3, -0.25) is 10.1 Å². The van der Waals surface area contributed by atoms with Crippen molar-refractivity contribution in [3.8, 4) is 11.5 Å². The van der Waals surface area contributed by atoms with Crippen LogP contribution in [0.2, 0.25) is 0 Å². The summed E-state index contributed by atoms with van der Waals surface area (Å²) >= 11 is 3.23. The van der Waals surface area contributed by atoms with Crippen molar-refractivity contribution in [3.63, 3.8) is 0 Å². The van der Waals surface area contributed by atoms with Crippen molar-refractivity contribution >= 4 is 21.8 Å². The average molecular weight is 331 g/mol. The fourth-order valence-corrected chi connectivity index (χ4v) is 2.12. The Bertz CT molecular complexity index is 465. The highest BCUT2D eigenvalue weighted by atomic mass is 79.9. The Balaban J connectivity index is 3.16. The Morgan fingerprint density at radius 3 is 2.68 bits per heavy atom. The molecule has 0 radical (unpaired) electrons. The van der Waals surface area contributed by atoms with Gasteiger partial charge in [-0.15, -0.1) is 0 Å². The largest absolute Gasteiger partial charge is 0.503 e. The van der Waals surface area contributed by atoms with Crippen LogP contribution in [0.3, 0.4) is 0 Å². The van der Waals surface area contributed by atoms with Crippen LogP contribution in [0, 0.1) is 0 Å². The third-order valence-electron chi connectivity index (χ3n) is 2.95. The van der Waals surface area contributed by atoms with Crippen LogP contribution in [0.1, 0.15) is 31.9 Å². The predicted octanol–water partition coefficient (Wildman–Crippen LogP) is 2.08. The monoisotopic (exact) mass is 330 g/mol. The van der Waals surface area contributed by atoms with Gasteiger partial charge in [0.25, 0.3) is 0 Å². The van der Waals surface area contributed by atoms with Crippen molar-refractivity contribution in [2.45, 2.75) is 32.4 Å². The fourth-order valence-electron chi connectivity index (χ4n) is 1.66. The summed E-state index contributed by atoms with van der Waals surface area (Å²) in [6.07, 6.45) is 0.875. The molecule has 4 N–H and O–H groups in total. The summed E-state index contributed by atoms with van der Waals surface area (Å²) in [5.41, 5.74) is 6.08. The van der Waals surface area contributed by atoms with Crippen molar-refractivity contribution in [1.82, 2.24) is 5.32 Å². The summed E-state index contributed by atoms with van der Waals surface area (Å²) in [6, 6.07) is 2.78. The topological polar surface area (TPSA) is 84.6 Å². The van der Waals surface area contributed by atoms with Crippen molar-refractivity contribution in [2.24, 2.45) is 5.73 Å². The molecule has 0 aliphatic heterocycles. The Morgan fingerprint density at radius 2 is 2.21 bits per heavy atom. The van der Waals surface area contributed by atoms with Crippen LogP contribution >= 0.6 is 15.9 Å². The minimum Gasteiger partial charge on any atom is -0.503 e. The van der Waals surface area contributed by atoms with E-state index >= 15 is 0 Å². The highest BCUT2D eigenvalue weighted by molar-refractivity contribution is 9.10. The average Bonchev–Trinajstić information content (AvgIpc) is 2.38. The van der Waals surface area contributed by atoms with E-state index < -0.39 is 11.9 Å². The molecule has 0 heterocycles. The molecule has 0 aliphatic rings. The lowest BCUT2D eigenvalue weighted by Crippen LogP contribution is -2.38. The molecule has 19 heavy (non-hydrogen) atoms. The number of aromatic hydroxyl groups is 1. The fraction of sp³-hybridized carbons (Fsp3) is 0.462. The maximum atomic E-state index is 11.6. The Labute approximate surface area is 121 Å². The number of nitrogens with one attached hydrogen (secondary N) is 1. The Hall–Kier alpha value is -1.27. The molecule has 0 fully saturated rings. The Kier molecular flexibility index (Phi) is 5.62. The standard InChI is InChI=1S/C13H19BrN2O3/c1-4-7(2)16-11(13(15)18)8-5-9(14)12(17)10(6-8)19-3/h5-7,11,16-17H,4H2,1-3H3,(H2,15,18). The van der Waals surface area contributed by atoms with E-state index in [1.807, 2.05) is 13.8 Å². The van der Waals surface area contributed by atoms with Crippen LogP contribution in [0.5, 0.6) is 11.5 Å². The molecule has 5 nitrogen and oxygen atoms in total. The van der Waals surface area contributed by atoms with Crippen molar-refractivity contribution in [1.29, 1.82) is 0 Å². The van der Waals surface area contributed by atoms with E-state index in [4.69, 9.17) is 10.5 Å². The minimum atomic E-state index is -0.624. The first kappa shape index (κ1) is 15.8. The molecule has 0 bridgehead atoms. The van der Waals surface area contributed by atoms with Gasteiger partial charge in [0.1, 0.15) is 6.04 Å². The zero-order valence-corrected chi connectivity index (χ0v) is 12.8. The van der Waals surface area contributed by atoms with Crippen molar-refractivity contribution < 1.29 is 14.6 Å². The van der Waals surface area contributed by atoms with Crippen LogP contribution in [0.15, 0.2) is 16.6 Å². The van der Waals surface area contributed by atoms with Crippen LogP contribution in [-0.4, -0.2) is 24.2 Å². The molecule has 106 valence electrons. The summed E-state index contributed by atoms with van der Waals surface area (Å²) in [4.78, 5) is 11.6. The molecule has 6 heteroatoms. The number of phenols is 1. The van der Waals surface area contributed by atoms with Gasteiger partial charge in [0.2, 0.25) is 5.91 Å². The first-order valence-electron chi connectivity index (χ1n) is 6.02. The summed E-state index contributed by atoms with van der Waals surface area (Å²) < 4.78 is 5.53. The summed E-state index contributed by atoms with van der Waals surface area (Å²) in [5, 5.41) is 12.9. The van der Waals surface area contributed by atoms with Gasteiger partial charge in [0.15, 0.2) is 11.5 Å². The first-order valence-corrected chi connectivity index (χ1v) is 6.81. The van der Waals surface area contributed by atoms with E-state index in [1.54, 1.807) is 12.1 Å². The number of methoxy groups -OCH3 is 1. The molecule has 1 amide bonds. The molecule has 0 aromatic heterocycles. The molecule has 0 aliphatic carbocycles. The SMILES string of the molecule is CCC(C)NC(C(N)=O)c1cc(Br)c(O)c(OC)c1. The van der Waals surface area contributed by atoms with E-state index in [2.05, 4.69) is 21.2 Å². The van der Waals surface area contributed by atoms with Gasteiger partial charge in [-0.05, 0) is 47.0 Å². The van der Waals surface area contributed by atoms with E-state index in [0.29, 0.717) is 15.8 Å². The second kappa shape index (κ2) is 6.77. The number of hydrogen-bond acceptors (Lipinski definition) is 4. The number of phenolic OH excluding ortho intramolecular Hbond substituents is 1. The third kappa shape index (κ3) is 3.84. The van der Waals surface area contributed by atoms with Gasteiger partial charge in [0.05, 0.1) is 11.6 Å². The first-order chi connectivity index (χ1) is 8.90. The number of benzene rings is 1.